The molecule has 0 aliphatic carbocycles. The molecule has 4 unspecified atom stereocenters. The summed E-state index contributed by atoms with van der Waals surface area (Å²) >= 11 is 0. The molecule has 13 nitrogen and oxygen atoms in total. The predicted octanol–water partition coefficient (Wildman–Crippen LogP) is -2.34. The molecule has 0 aliphatic rings. The summed E-state index contributed by atoms with van der Waals surface area (Å²) < 4.78 is 0. The van der Waals surface area contributed by atoms with Crippen molar-refractivity contribution in [1.29, 1.82) is 0 Å². The molecule has 0 radical (unpaired) electrons. The van der Waals surface area contributed by atoms with Crippen molar-refractivity contribution in [3.05, 3.63) is 0 Å². The molecule has 0 aliphatic heterocycles. The van der Waals surface area contributed by atoms with E-state index in [1.807, 2.05) is 19.2 Å². The smallest absolute Gasteiger partial charge is 0.326 e. The van der Waals surface area contributed by atoms with Gasteiger partial charge in [0.15, 0.2) is 0 Å². The Bertz CT molecular complexity index is 696. The Hall–Kier alpha value is -3.22. The number of nitrogens with one attached hydrogen (secondary N) is 3. The zero-order valence-corrected chi connectivity index (χ0v) is 17.7. The van der Waals surface area contributed by atoms with Crippen LogP contribution in [0.2, 0.25) is 0 Å². The van der Waals surface area contributed by atoms with Gasteiger partial charge >= 0.3 is 11.9 Å². The van der Waals surface area contributed by atoms with Gasteiger partial charge in [0.2, 0.25) is 23.6 Å². The number of hydrogen-bond acceptors (Lipinski definition) is 7. The van der Waals surface area contributed by atoms with Crippen molar-refractivity contribution < 1.29 is 39.0 Å². The molecular weight excluding hydrogens is 414 g/mol. The van der Waals surface area contributed by atoms with Gasteiger partial charge in [0.05, 0.1) is 12.5 Å². The molecule has 0 rings (SSSR count). The molecule has 0 heterocycles. The average Bonchev–Trinajstić information content (AvgIpc) is 2.62. The lowest BCUT2D eigenvalue weighted by Gasteiger charge is -2.23. The monoisotopic (exact) mass is 445 g/mol. The number of rotatable bonds is 14. The van der Waals surface area contributed by atoms with E-state index in [9.17, 15) is 28.8 Å². The summed E-state index contributed by atoms with van der Waals surface area (Å²) in [4.78, 5) is 69.9. The van der Waals surface area contributed by atoms with E-state index in [0.717, 1.165) is 0 Å². The highest BCUT2D eigenvalue weighted by Gasteiger charge is 2.30. The molecule has 4 atom stereocenters. The highest BCUT2D eigenvalue weighted by molar-refractivity contribution is 5.94. The SMILES string of the molecule is CC(C)CC(N)C(=O)NC(C)C(=O)NC(CCC(=O)O)C(=O)NC(CC(N)=O)C(=O)O. The predicted molar refractivity (Wildman–Crippen MR) is 107 cm³/mol. The quantitative estimate of drug-likeness (QED) is 0.151. The van der Waals surface area contributed by atoms with Gasteiger partial charge in [-0.05, 0) is 25.7 Å². The molecule has 0 aromatic rings. The average molecular weight is 445 g/mol. The number of carboxylic acids is 2. The third kappa shape index (κ3) is 11.5. The van der Waals surface area contributed by atoms with Crippen LogP contribution in [0.25, 0.3) is 0 Å². The summed E-state index contributed by atoms with van der Waals surface area (Å²) in [5, 5.41) is 24.7. The Labute approximate surface area is 179 Å². The minimum Gasteiger partial charge on any atom is -0.481 e. The summed E-state index contributed by atoms with van der Waals surface area (Å²) in [5.41, 5.74) is 10.7. The highest BCUT2D eigenvalue weighted by Crippen LogP contribution is 2.04. The number of amides is 4. The molecule has 0 fully saturated rings. The first-order valence-corrected chi connectivity index (χ1v) is 9.64. The molecule has 0 saturated heterocycles. The van der Waals surface area contributed by atoms with E-state index < -0.39 is 72.6 Å². The third-order valence-corrected chi connectivity index (χ3v) is 4.11. The van der Waals surface area contributed by atoms with Crippen LogP contribution in [0.3, 0.4) is 0 Å². The van der Waals surface area contributed by atoms with Crippen LogP contribution in [0.15, 0.2) is 0 Å². The van der Waals surface area contributed by atoms with Crippen LogP contribution in [0, 0.1) is 5.92 Å². The van der Waals surface area contributed by atoms with Gasteiger partial charge in [-0.15, -0.1) is 0 Å². The first kappa shape index (κ1) is 27.8. The molecular formula is C18H31N5O8. The van der Waals surface area contributed by atoms with E-state index in [1.165, 1.54) is 6.92 Å². The van der Waals surface area contributed by atoms with Crippen molar-refractivity contribution in [1.82, 2.24) is 16.0 Å². The fourth-order valence-corrected chi connectivity index (χ4v) is 2.51. The van der Waals surface area contributed by atoms with Crippen LogP contribution in [0.4, 0.5) is 0 Å². The minimum atomic E-state index is -1.65. The summed E-state index contributed by atoms with van der Waals surface area (Å²) in [6.45, 7) is 5.09. The van der Waals surface area contributed by atoms with Gasteiger partial charge in [-0.25, -0.2) is 4.79 Å². The van der Waals surface area contributed by atoms with E-state index >= 15 is 0 Å². The Morgan fingerprint density at radius 2 is 1.39 bits per heavy atom. The number of hydrogen-bond donors (Lipinski definition) is 7. The van der Waals surface area contributed by atoms with E-state index in [2.05, 4.69) is 10.6 Å². The molecule has 0 spiro atoms. The number of primary amides is 1. The number of aliphatic carboxylic acids is 2. The van der Waals surface area contributed by atoms with Crippen molar-refractivity contribution in [2.75, 3.05) is 0 Å². The van der Waals surface area contributed by atoms with Gasteiger partial charge in [-0.1, -0.05) is 13.8 Å². The lowest BCUT2D eigenvalue weighted by molar-refractivity contribution is -0.144. The van der Waals surface area contributed by atoms with Crippen molar-refractivity contribution in [3.8, 4) is 0 Å². The maximum atomic E-state index is 12.4. The zero-order valence-electron chi connectivity index (χ0n) is 17.7. The first-order valence-electron chi connectivity index (χ1n) is 9.64. The summed E-state index contributed by atoms with van der Waals surface area (Å²) in [7, 11) is 0. The topological polar surface area (TPSA) is 231 Å². The highest BCUT2D eigenvalue weighted by atomic mass is 16.4. The molecule has 4 amide bonds. The number of carbonyl (C=O) groups is 6. The van der Waals surface area contributed by atoms with Crippen molar-refractivity contribution >= 4 is 35.6 Å². The Balaban J connectivity index is 5.19. The molecule has 176 valence electrons. The van der Waals surface area contributed by atoms with Crippen LogP contribution in [0.5, 0.6) is 0 Å². The van der Waals surface area contributed by atoms with E-state index in [1.54, 1.807) is 0 Å². The molecule has 0 bridgehead atoms. The normalized spacial score (nSPS) is 14.6. The van der Waals surface area contributed by atoms with Crippen molar-refractivity contribution in [2.24, 2.45) is 17.4 Å². The largest absolute Gasteiger partial charge is 0.481 e. The fourth-order valence-electron chi connectivity index (χ4n) is 2.51. The van der Waals surface area contributed by atoms with Gasteiger partial charge in [0.1, 0.15) is 18.1 Å². The maximum absolute atomic E-state index is 12.4. The molecule has 0 saturated carbocycles. The van der Waals surface area contributed by atoms with E-state index in [-0.39, 0.29) is 12.3 Å². The Kier molecular flexibility index (Phi) is 11.8. The lowest BCUT2D eigenvalue weighted by Crippen LogP contribution is -2.56. The number of carbonyl (C=O) groups excluding carboxylic acids is 4. The lowest BCUT2D eigenvalue weighted by atomic mass is 10.0. The zero-order chi connectivity index (χ0) is 24.3. The first-order chi connectivity index (χ1) is 14.2. The summed E-state index contributed by atoms with van der Waals surface area (Å²) in [6.07, 6.45) is -1.17. The molecule has 13 heteroatoms. The standard InChI is InChI=1S/C18H31N5O8/c1-8(2)6-10(19)16(28)21-9(3)15(27)22-11(4-5-14(25)26)17(29)23-12(18(30)31)7-13(20)24/h8-12H,4-7,19H2,1-3H3,(H2,20,24)(H,21,28)(H,22,27)(H,23,29)(H,25,26)(H,30,31). The molecule has 9 N–H and O–H groups in total. The second kappa shape index (κ2) is 13.2. The van der Waals surface area contributed by atoms with Crippen LogP contribution < -0.4 is 27.4 Å². The Morgan fingerprint density at radius 3 is 1.84 bits per heavy atom. The number of nitrogens with two attached hydrogens (primary N) is 2. The van der Waals surface area contributed by atoms with E-state index in [0.29, 0.717) is 6.42 Å². The van der Waals surface area contributed by atoms with Crippen LogP contribution in [-0.4, -0.2) is 69.9 Å². The van der Waals surface area contributed by atoms with Crippen molar-refractivity contribution in [3.63, 3.8) is 0 Å². The fraction of sp³-hybridized carbons (Fsp3) is 0.667. The molecule has 31 heavy (non-hydrogen) atoms. The van der Waals surface area contributed by atoms with Crippen LogP contribution in [0.1, 0.15) is 46.5 Å². The minimum absolute atomic E-state index is 0.150. The molecule has 0 aromatic carbocycles. The van der Waals surface area contributed by atoms with Gasteiger partial charge in [-0.2, -0.15) is 0 Å². The van der Waals surface area contributed by atoms with Gasteiger partial charge in [-0.3, -0.25) is 24.0 Å². The summed E-state index contributed by atoms with van der Waals surface area (Å²) in [6, 6.07) is -5.03. The number of carboxylic acid groups (broad SMARTS) is 2. The van der Waals surface area contributed by atoms with Gasteiger partial charge < -0.3 is 37.6 Å². The van der Waals surface area contributed by atoms with E-state index in [4.69, 9.17) is 21.7 Å². The maximum Gasteiger partial charge on any atom is 0.326 e. The summed E-state index contributed by atoms with van der Waals surface area (Å²) in [5.74, 6) is -6.01. The van der Waals surface area contributed by atoms with Crippen LogP contribution >= 0.6 is 0 Å². The molecule has 0 aromatic heterocycles. The van der Waals surface area contributed by atoms with Crippen LogP contribution in [-0.2, 0) is 28.8 Å². The third-order valence-electron chi connectivity index (χ3n) is 4.11. The second-order valence-electron chi connectivity index (χ2n) is 7.53. The van der Waals surface area contributed by atoms with Gasteiger partial charge in [0.25, 0.3) is 0 Å². The van der Waals surface area contributed by atoms with Crippen molar-refractivity contribution in [2.45, 2.75) is 70.6 Å². The van der Waals surface area contributed by atoms with Gasteiger partial charge in [0, 0.05) is 6.42 Å². The second-order valence-corrected chi connectivity index (χ2v) is 7.53. The Morgan fingerprint density at radius 1 is 0.839 bits per heavy atom.